The number of methoxy groups -OCH3 is 2. The standard InChI is InChI=1S/C26H29N3O3S/c1-4-8-20-15-21(16-23(31-2)24(20)32-3)26(30)29-13-11-28(12-14-29)17-22-18-33-25(27-22)19-9-6-5-7-10-19/h4-10,15-16,18H,11-14,17H2,1-3H3. The van der Waals surface area contributed by atoms with Gasteiger partial charge in [-0.2, -0.15) is 0 Å². The first kappa shape index (κ1) is 23.0. The first-order chi connectivity index (χ1) is 16.1. The zero-order valence-corrected chi connectivity index (χ0v) is 20.1. The van der Waals surface area contributed by atoms with Gasteiger partial charge in [-0.25, -0.2) is 4.98 Å². The van der Waals surface area contributed by atoms with Crippen molar-refractivity contribution in [3.8, 4) is 22.1 Å². The third-order valence-corrected chi connectivity index (χ3v) is 6.66. The Bertz CT molecular complexity index is 1120. The lowest BCUT2D eigenvalue weighted by Crippen LogP contribution is -2.48. The fourth-order valence-corrected chi connectivity index (χ4v) is 4.85. The summed E-state index contributed by atoms with van der Waals surface area (Å²) < 4.78 is 11.0. The van der Waals surface area contributed by atoms with E-state index in [4.69, 9.17) is 14.5 Å². The summed E-state index contributed by atoms with van der Waals surface area (Å²) in [6.07, 6.45) is 3.85. The Labute approximate surface area is 199 Å². The number of nitrogens with zero attached hydrogens (tertiary/aromatic N) is 3. The lowest BCUT2D eigenvalue weighted by Gasteiger charge is -2.34. The number of thiazole rings is 1. The smallest absolute Gasteiger partial charge is 0.254 e. The summed E-state index contributed by atoms with van der Waals surface area (Å²) in [6, 6.07) is 13.9. The van der Waals surface area contributed by atoms with E-state index < -0.39 is 0 Å². The Balaban J connectivity index is 1.39. The summed E-state index contributed by atoms with van der Waals surface area (Å²) in [5.41, 5.74) is 3.67. The Hall–Kier alpha value is -3.16. The SMILES string of the molecule is CC=Cc1cc(C(=O)N2CCN(Cc3csc(-c4ccccc4)n3)CC2)cc(OC)c1OC. The molecule has 1 saturated heterocycles. The van der Waals surface area contributed by atoms with Crippen molar-refractivity contribution >= 4 is 23.3 Å². The van der Waals surface area contributed by atoms with Crippen molar-refractivity contribution in [1.29, 1.82) is 0 Å². The molecule has 1 fully saturated rings. The number of allylic oxidation sites excluding steroid dienone is 1. The molecule has 0 atom stereocenters. The van der Waals surface area contributed by atoms with Crippen molar-refractivity contribution < 1.29 is 14.3 Å². The van der Waals surface area contributed by atoms with Gasteiger partial charge in [0.2, 0.25) is 0 Å². The van der Waals surface area contributed by atoms with Gasteiger partial charge in [0, 0.05) is 54.8 Å². The maximum absolute atomic E-state index is 13.2. The molecular weight excluding hydrogens is 434 g/mol. The second kappa shape index (κ2) is 10.6. The van der Waals surface area contributed by atoms with Gasteiger partial charge in [-0.15, -0.1) is 11.3 Å². The molecule has 33 heavy (non-hydrogen) atoms. The molecule has 0 spiro atoms. The third kappa shape index (κ3) is 5.26. The van der Waals surface area contributed by atoms with Gasteiger partial charge in [-0.05, 0) is 19.1 Å². The number of hydrogen-bond donors (Lipinski definition) is 0. The van der Waals surface area contributed by atoms with Gasteiger partial charge in [-0.3, -0.25) is 9.69 Å². The first-order valence-corrected chi connectivity index (χ1v) is 11.9. The molecule has 0 bridgehead atoms. The number of rotatable bonds is 7. The topological polar surface area (TPSA) is 54.9 Å². The molecule has 0 N–H and O–H groups in total. The molecule has 172 valence electrons. The number of amides is 1. The molecule has 4 rings (SSSR count). The van der Waals surface area contributed by atoms with E-state index in [0.717, 1.165) is 41.5 Å². The van der Waals surface area contributed by atoms with Gasteiger partial charge in [0.15, 0.2) is 11.5 Å². The van der Waals surface area contributed by atoms with E-state index in [-0.39, 0.29) is 5.91 Å². The van der Waals surface area contributed by atoms with Crippen molar-refractivity contribution in [2.24, 2.45) is 0 Å². The van der Waals surface area contributed by atoms with Gasteiger partial charge in [0.05, 0.1) is 19.9 Å². The van der Waals surface area contributed by atoms with E-state index in [1.165, 1.54) is 0 Å². The van der Waals surface area contributed by atoms with Crippen LogP contribution in [0.15, 0.2) is 53.9 Å². The molecule has 0 saturated carbocycles. The van der Waals surface area contributed by atoms with E-state index in [0.29, 0.717) is 30.2 Å². The second-order valence-corrected chi connectivity index (χ2v) is 8.74. The summed E-state index contributed by atoms with van der Waals surface area (Å²) in [4.78, 5) is 22.3. The van der Waals surface area contributed by atoms with Crippen molar-refractivity contribution in [3.05, 3.63) is 70.7 Å². The van der Waals surface area contributed by atoms with E-state index in [9.17, 15) is 4.79 Å². The summed E-state index contributed by atoms with van der Waals surface area (Å²) in [5, 5.41) is 3.18. The molecule has 3 aromatic rings. The predicted octanol–water partition coefficient (Wildman–Crippen LogP) is 4.82. The molecule has 0 unspecified atom stereocenters. The highest BCUT2D eigenvalue weighted by molar-refractivity contribution is 7.13. The van der Waals surface area contributed by atoms with Crippen LogP contribution in [-0.2, 0) is 6.54 Å². The van der Waals surface area contributed by atoms with Crippen LogP contribution in [0.1, 0.15) is 28.5 Å². The van der Waals surface area contributed by atoms with Crippen LogP contribution < -0.4 is 9.47 Å². The van der Waals surface area contributed by atoms with E-state index in [1.807, 2.05) is 48.2 Å². The maximum atomic E-state index is 13.2. The predicted molar refractivity (Wildman–Crippen MR) is 133 cm³/mol. The summed E-state index contributed by atoms with van der Waals surface area (Å²) >= 11 is 1.68. The number of aromatic nitrogens is 1. The molecule has 7 heteroatoms. The van der Waals surface area contributed by atoms with Crippen LogP contribution in [0.5, 0.6) is 11.5 Å². The highest BCUT2D eigenvalue weighted by atomic mass is 32.1. The highest BCUT2D eigenvalue weighted by Gasteiger charge is 2.24. The second-order valence-electron chi connectivity index (χ2n) is 7.88. The van der Waals surface area contributed by atoms with Crippen LogP contribution in [-0.4, -0.2) is 61.1 Å². The first-order valence-electron chi connectivity index (χ1n) is 11.0. The van der Waals surface area contributed by atoms with Gasteiger partial charge in [0.25, 0.3) is 5.91 Å². The molecular formula is C26H29N3O3S. The number of piperazine rings is 1. The fraction of sp³-hybridized carbons (Fsp3) is 0.308. The van der Waals surface area contributed by atoms with Crippen molar-refractivity contribution in [3.63, 3.8) is 0 Å². The van der Waals surface area contributed by atoms with Gasteiger partial charge >= 0.3 is 0 Å². The lowest BCUT2D eigenvalue weighted by atomic mass is 10.1. The Kier molecular flexibility index (Phi) is 7.42. The monoisotopic (exact) mass is 463 g/mol. The molecule has 6 nitrogen and oxygen atoms in total. The Morgan fingerprint density at radius 1 is 1.09 bits per heavy atom. The largest absolute Gasteiger partial charge is 0.493 e. The molecule has 1 aromatic heterocycles. The lowest BCUT2D eigenvalue weighted by molar-refractivity contribution is 0.0627. The summed E-state index contributed by atoms with van der Waals surface area (Å²) in [5.74, 6) is 1.21. The van der Waals surface area contributed by atoms with Crippen LogP contribution in [0.4, 0.5) is 0 Å². The van der Waals surface area contributed by atoms with E-state index in [2.05, 4.69) is 22.4 Å². The zero-order valence-electron chi connectivity index (χ0n) is 19.3. The molecule has 1 aliphatic heterocycles. The van der Waals surface area contributed by atoms with Crippen LogP contribution in [0.25, 0.3) is 16.6 Å². The highest BCUT2D eigenvalue weighted by Crippen LogP contribution is 2.34. The van der Waals surface area contributed by atoms with Crippen LogP contribution in [0.2, 0.25) is 0 Å². The van der Waals surface area contributed by atoms with E-state index >= 15 is 0 Å². The zero-order chi connectivity index (χ0) is 23.2. The molecule has 2 aromatic carbocycles. The van der Waals surface area contributed by atoms with E-state index in [1.54, 1.807) is 31.6 Å². The number of carbonyl (C=O) groups excluding carboxylic acids is 1. The molecule has 1 aliphatic rings. The molecule has 2 heterocycles. The summed E-state index contributed by atoms with van der Waals surface area (Å²) in [7, 11) is 3.20. The molecule has 0 radical (unpaired) electrons. The quantitative estimate of drug-likeness (QED) is 0.503. The van der Waals surface area contributed by atoms with Crippen LogP contribution >= 0.6 is 11.3 Å². The number of ether oxygens (including phenoxy) is 2. The number of benzene rings is 2. The minimum atomic E-state index is 0.0152. The maximum Gasteiger partial charge on any atom is 0.254 e. The van der Waals surface area contributed by atoms with Crippen molar-refractivity contribution in [1.82, 2.24) is 14.8 Å². The normalized spacial score (nSPS) is 14.6. The van der Waals surface area contributed by atoms with Gasteiger partial charge in [0.1, 0.15) is 5.01 Å². The van der Waals surface area contributed by atoms with Crippen LogP contribution in [0.3, 0.4) is 0 Å². The minimum Gasteiger partial charge on any atom is -0.493 e. The number of carbonyl (C=O) groups is 1. The average Bonchev–Trinajstić information content (AvgIpc) is 3.33. The van der Waals surface area contributed by atoms with Gasteiger partial charge < -0.3 is 14.4 Å². The Morgan fingerprint density at radius 2 is 1.85 bits per heavy atom. The van der Waals surface area contributed by atoms with Crippen molar-refractivity contribution in [2.45, 2.75) is 13.5 Å². The molecule has 0 aliphatic carbocycles. The minimum absolute atomic E-state index is 0.0152. The fourth-order valence-electron chi connectivity index (χ4n) is 4.03. The number of hydrogen-bond acceptors (Lipinski definition) is 6. The molecule has 1 amide bonds. The summed E-state index contributed by atoms with van der Waals surface area (Å²) in [6.45, 7) is 5.74. The van der Waals surface area contributed by atoms with Crippen molar-refractivity contribution in [2.75, 3.05) is 40.4 Å². The third-order valence-electron chi connectivity index (χ3n) is 5.72. The van der Waals surface area contributed by atoms with Crippen LogP contribution in [0, 0.1) is 0 Å². The Morgan fingerprint density at radius 3 is 2.52 bits per heavy atom. The average molecular weight is 464 g/mol. The van der Waals surface area contributed by atoms with Gasteiger partial charge in [-0.1, -0.05) is 42.5 Å².